The Bertz CT molecular complexity index is 1370. The van der Waals surface area contributed by atoms with E-state index in [0.29, 0.717) is 16.1 Å². The zero-order valence-electron chi connectivity index (χ0n) is 17.4. The lowest BCUT2D eigenvalue weighted by Crippen LogP contribution is -1.99. The van der Waals surface area contributed by atoms with Gasteiger partial charge in [-0.3, -0.25) is 9.59 Å². The molecule has 0 atom stereocenters. The van der Waals surface area contributed by atoms with Gasteiger partial charge < -0.3 is 0 Å². The minimum Gasteiger partial charge on any atom is -0.288 e. The van der Waals surface area contributed by atoms with Crippen LogP contribution in [0.3, 0.4) is 0 Å². The smallest absolute Gasteiger partial charge is 0.197 e. The number of thiazole rings is 1. The third-order valence-corrected chi connectivity index (χ3v) is 8.10. The highest BCUT2D eigenvalue weighted by molar-refractivity contribution is 7.29. The summed E-state index contributed by atoms with van der Waals surface area (Å²) in [6, 6.07) is 9.66. The zero-order chi connectivity index (χ0) is 22.0. The van der Waals surface area contributed by atoms with E-state index in [-0.39, 0.29) is 17.1 Å². The Morgan fingerprint density at radius 1 is 0.839 bits per heavy atom. The number of nitrogens with zero attached hydrogens (tertiary/aromatic N) is 1. The highest BCUT2D eigenvalue weighted by Gasteiger charge is 2.34. The van der Waals surface area contributed by atoms with Crippen LogP contribution in [0.2, 0.25) is 5.02 Å². The van der Waals surface area contributed by atoms with Gasteiger partial charge in [0.05, 0.1) is 10.3 Å². The maximum Gasteiger partial charge on any atom is 0.197 e. The van der Waals surface area contributed by atoms with Crippen molar-refractivity contribution in [1.29, 1.82) is 0 Å². The monoisotopic (exact) mass is 463 g/mol. The van der Waals surface area contributed by atoms with Crippen molar-refractivity contribution in [3.05, 3.63) is 79.2 Å². The molecule has 2 heterocycles. The Balaban J connectivity index is 1.53. The zero-order valence-corrected chi connectivity index (χ0v) is 19.8. The molecule has 0 saturated heterocycles. The van der Waals surface area contributed by atoms with Gasteiger partial charge in [0.1, 0.15) is 9.84 Å². The fraction of sp³-hybridized carbons (Fsp3) is 0.160. The minimum absolute atomic E-state index is 0.191. The van der Waals surface area contributed by atoms with E-state index >= 15 is 0 Å². The van der Waals surface area contributed by atoms with Crippen molar-refractivity contribution in [3.63, 3.8) is 0 Å². The summed E-state index contributed by atoms with van der Waals surface area (Å²) in [5.74, 6) is -0.505. The van der Waals surface area contributed by atoms with E-state index in [4.69, 9.17) is 16.6 Å². The van der Waals surface area contributed by atoms with Crippen LogP contribution in [0.15, 0.2) is 35.9 Å². The van der Waals surface area contributed by atoms with Gasteiger partial charge in [-0.15, -0.1) is 22.7 Å². The average molecular weight is 464 g/mol. The number of thiophene rings is 1. The summed E-state index contributed by atoms with van der Waals surface area (Å²) in [5, 5.41) is 1.50. The number of benzene rings is 2. The Morgan fingerprint density at radius 2 is 1.48 bits per heavy atom. The quantitative estimate of drug-likeness (QED) is 0.230. The number of aryl methyl sites for hydroxylation is 4. The van der Waals surface area contributed by atoms with E-state index in [9.17, 15) is 9.59 Å². The van der Waals surface area contributed by atoms with Crippen LogP contribution in [-0.2, 0) is 0 Å². The summed E-state index contributed by atoms with van der Waals surface area (Å²) in [7, 11) is 0. The molecule has 0 fully saturated rings. The van der Waals surface area contributed by atoms with Gasteiger partial charge in [0.15, 0.2) is 11.6 Å². The van der Waals surface area contributed by atoms with Crippen molar-refractivity contribution in [3.8, 4) is 10.6 Å². The maximum absolute atomic E-state index is 12.8. The van der Waals surface area contributed by atoms with E-state index in [1.807, 2.05) is 13.0 Å². The van der Waals surface area contributed by atoms with Gasteiger partial charge in [-0.1, -0.05) is 29.3 Å². The van der Waals surface area contributed by atoms with Crippen LogP contribution in [0.4, 0.5) is 0 Å². The first kappa shape index (κ1) is 20.3. The number of Topliss-reactive ketones (excluding diaryl/α,β-unsaturated/α-hetero) is 2. The molecule has 0 amide bonds. The predicted octanol–water partition coefficient (Wildman–Crippen LogP) is 7.37. The highest BCUT2D eigenvalue weighted by Crippen LogP contribution is 2.39. The van der Waals surface area contributed by atoms with Gasteiger partial charge in [-0.05, 0) is 68.7 Å². The standard InChI is InChI=1S/C25H18ClNO2S2/c1-11-5-13(3)21(14(4)6-11)25-27-24-20(31-25)9-15(30-24)8-18-22(28)16-7-12(2)19(26)10-17(16)23(18)29/h5-10H,1-4H3/b18-8+. The molecule has 1 aliphatic rings. The van der Waals surface area contributed by atoms with Crippen LogP contribution in [0.25, 0.3) is 26.2 Å². The topological polar surface area (TPSA) is 47.0 Å². The number of aromatic nitrogens is 1. The number of halogens is 1. The van der Waals surface area contributed by atoms with Crippen LogP contribution in [0.5, 0.6) is 0 Å². The molecule has 0 N–H and O–H groups in total. The molecule has 0 bridgehead atoms. The molecule has 0 unspecified atom stereocenters. The molecule has 0 spiro atoms. The molecule has 31 heavy (non-hydrogen) atoms. The van der Waals surface area contributed by atoms with E-state index < -0.39 is 0 Å². The second-order valence-corrected chi connectivity index (χ2v) is 10.5. The number of ketones is 2. The second kappa shape index (κ2) is 7.23. The molecule has 2 aromatic carbocycles. The fourth-order valence-electron chi connectivity index (χ4n) is 4.17. The van der Waals surface area contributed by atoms with Crippen molar-refractivity contribution in [1.82, 2.24) is 4.98 Å². The SMILES string of the molecule is Cc1cc(C)c(-c2nc3sc(/C=C4\C(=O)c5cc(C)c(Cl)cc5C4=O)cc3s2)c(C)c1. The summed E-state index contributed by atoms with van der Waals surface area (Å²) < 4.78 is 1.06. The van der Waals surface area contributed by atoms with Crippen molar-refractivity contribution in [2.24, 2.45) is 0 Å². The molecule has 0 radical (unpaired) electrons. The summed E-state index contributed by atoms with van der Waals surface area (Å²) >= 11 is 9.30. The lowest BCUT2D eigenvalue weighted by atomic mass is 10.0. The molecule has 6 heteroatoms. The van der Waals surface area contributed by atoms with Gasteiger partial charge in [-0.2, -0.15) is 0 Å². The van der Waals surface area contributed by atoms with Crippen LogP contribution >= 0.6 is 34.3 Å². The van der Waals surface area contributed by atoms with Crippen LogP contribution in [0, 0.1) is 27.7 Å². The van der Waals surface area contributed by atoms with Gasteiger partial charge in [-0.25, -0.2) is 4.98 Å². The average Bonchev–Trinajstić information content (AvgIpc) is 3.30. The van der Waals surface area contributed by atoms with Gasteiger partial charge in [0, 0.05) is 26.6 Å². The number of carbonyl (C=O) groups excluding carboxylic acids is 2. The first-order valence-corrected chi connectivity index (χ1v) is 11.8. The largest absolute Gasteiger partial charge is 0.288 e. The Labute approximate surface area is 193 Å². The first-order valence-electron chi connectivity index (χ1n) is 9.83. The molecule has 0 saturated carbocycles. The third-order valence-electron chi connectivity index (χ3n) is 5.56. The normalized spacial score (nSPS) is 14.8. The first-order chi connectivity index (χ1) is 14.7. The summed E-state index contributed by atoms with van der Waals surface area (Å²) in [6.07, 6.45) is 1.69. The molecule has 5 rings (SSSR count). The summed E-state index contributed by atoms with van der Waals surface area (Å²) in [4.78, 5) is 32.3. The van der Waals surface area contributed by atoms with Crippen molar-refractivity contribution < 1.29 is 9.59 Å². The third kappa shape index (κ3) is 3.28. The van der Waals surface area contributed by atoms with E-state index in [0.717, 1.165) is 25.0 Å². The van der Waals surface area contributed by atoms with E-state index in [1.54, 1.807) is 29.5 Å². The van der Waals surface area contributed by atoms with Gasteiger partial charge >= 0.3 is 0 Å². The summed E-state index contributed by atoms with van der Waals surface area (Å²) in [5.41, 5.74) is 6.66. The van der Waals surface area contributed by atoms with Crippen molar-refractivity contribution >= 4 is 61.4 Å². The number of hydrogen-bond acceptors (Lipinski definition) is 5. The van der Waals surface area contributed by atoms with Gasteiger partial charge in [0.25, 0.3) is 0 Å². The second-order valence-electron chi connectivity index (χ2n) is 7.97. The fourth-order valence-corrected chi connectivity index (χ4v) is 6.68. The van der Waals surface area contributed by atoms with Crippen LogP contribution in [-0.4, -0.2) is 16.6 Å². The number of hydrogen-bond donors (Lipinski definition) is 0. The molecule has 4 aromatic rings. The lowest BCUT2D eigenvalue weighted by molar-refractivity contribution is 0.0990. The Hall–Kier alpha value is -2.60. The number of allylic oxidation sites excluding steroid dienone is 1. The molecule has 1 aliphatic carbocycles. The van der Waals surface area contributed by atoms with E-state index in [1.165, 1.54) is 33.6 Å². The lowest BCUT2D eigenvalue weighted by Gasteiger charge is -2.08. The minimum atomic E-state index is -0.266. The molecule has 2 aromatic heterocycles. The number of carbonyl (C=O) groups is 2. The van der Waals surface area contributed by atoms with Crippen LogP contribution < -0.4 is 0 Å². The maximum atomic E-state index is 12.8. The molecule has 3 nitrogen and oxygen atoms in total. The van der Waals surface area contributed by atoms with Crippen molar-refractivity contribution in [2.75, 3.05) is 0 Å². The Kier molecular flexibility index (Phi) is 4.74. The molecule has 0 aliphatic heterocycles. The molecular formula is C25H18ClNO2S2. The molecule has 154 valence electrons. The summed E-state index contributed by atoms with van der Waals surface area (Å²) in [6.45, 7) is 8.16. The van der Waals surface area contributed by atoms with Crippen molar-refractivity contribution in [2.45, 2.75) is 27.7 Å². The Morgan fingerprint density at radius 3 is 2.13 bits per heavy atom. The predicted molar refractivity (Wildman–Crippen MR) is 130 cm³/mol. The van der Waals surface area contributed by atoms with Crippen LogP contribution in [0.1, 0.15) is 47.8 Å². The molecular weight excluding hydrogens is 446 g/mol. The van der Waals surface area contributed by atoms with Gasteiger partial charge in [0.2, 0.25) is 0 Å². The highest BCUT2D eigenvalue weighted by atomic mass is 35.5. The number of rotatable bonds is 2. The van der Waals surface area contributed by atoms with E-state index in [2.05, 4.69) is 32.9 Å². The number of fused-ring (bicyclic) bond motifs is 2.